The zero-order chi connectivity index (χ0) is 12.4. The number of benzene rings is 1. The van der Waals surface area contributed by atoms with Crippen molar-refractivity contribution in [1.82, 2.24) is 10.3 Å². The highest BCUT2D eigenvalue weighted by Gasteiger charge is 2.10. The number of anilines is 1. The standard InChI is InChI=1S/C13H14N4O/c1-9-6-14-12(18-9)8-16-13-15-7-10-4-2-3-5-11(10)17-13/h2-6H,7-8H2,1H3,(H2,15,16,17). The van der Waals surface area contributed by atoms with Gasteiger partial charge in [0, 0.05) is 5.69 Å². The summed E-state index contributed by atoms with van der Waals surface area (Å²) in [5.74, 6) is 2.23. The molecule has 92 valence electrons. The first-order valence-electron chi connectivity index (χ1n) is 5.86. The number of aliphatic imine (C=N–C) groups is 1. The van der Waals surface area contributed by atoms with Gasteiger partial charge in [-0.05, 0) is 18.6 Å². The maximum Gasteiger partial charge on any atom is 0.213 e. The minimum atomic E-state index is 0.530. The zero-order valence-corrected chi connectivity index (χ0v) is 10.1. The molecule has 1 aromatic heterocycles. The molecule has 1 aliphatic rings. The number of para-hydroxylation sites is 1. The zero-order valence-electron chi connectivity index (χ0n) is 10.1. The number of aryl methyl sites for hydroxylation is 1. The summed E-state index contributed by atoms with van der Waals surface area (Å²) in [6.45, 7) is 3.10. The SMILES string of the molecule is Cc1cnc(CNC2=NCc3ccccc3N2)o1. The molecule has 0 radical (unpaired) electrons. The molecule has 0 fully saturated rings. The summed E-state index contributed by atoms with van der Waals surface area (Å²) in [5, 5.41) is 6.42. The fourth-order valence-corrected chi connectivity index (χ4v) is 1.85. The molecule has 1 aromatic carbocycles. The number of guanidine groups is 1. The summed E-state index contributed by atoms with van der Waals surface area (Å²) >= 11 is 0. The molecule has 2 aromatic rings. The lowest BCUT2D eigenvalue weighted by atomic mass is 10.1. The number of nitrogens with zero attached hydrogens (tertiary/aromatic N) is 2. The van der Waals surface area contributed by atoms with E-state index in [0.717, 1.165) is 17.4 Å². The van der Waals surface area contributed by atoms with Crippen LogP contribution in [0.1, 0.15) is 17.2 Å². The Labute approximate surface area is 105 Å². The Morgan fingerprint density at radius 1 is 1.39 bits per heavy atom. The van der Waals surface area contributed by atoms with Crippen molar-refractivity contribution in [3.05, 3.63) is 47.7 Å². The second-order valence-corrected chi connectivity index (χ2v) is 4.17. The van der Waals surface area contributed by atoms with E-state index >= 15 is 0 Å². The van der Waals surface area contributed by atoms with E-state index in [2.05, 4.69) is 26.7 Å². The van der Waals surface area contributed by atoms with Gasteiger partial charge in [-0.1, -0.05) is 18.2 Å². The van der Waals surface area contributed by atoms with Crippen LogP contribution in [0.15, 0.2) is 39.9 Å². The van der Waals surface area contributed by atoms with Gasteiger partial charge in [0.1, 0.15) is 5.76 Å². The minimum Gasteiger partial charge on any atom is -0.444 e. The van der Waals surface area contributed by atoms with E-state index in [1.54, 1.807) is 6.20 Å². The Bertz CT molecular complexity index is 588. The van der Waals surface area contributed by atoms with Gasteiger partial charge < -0.3 is 15.1 Å². The molecule has 0 amide bonds. The van der Waals surface area contributed by atoms with E-state index in [-0.39, 0.29) is 0 Å². The number of nitrogens with one attached hydrogen (secondary N) is 2. The van der Waals surface area contributed by atoms with Crippen molar-refractivity contribution < 1.29 is 4.42 Å². The lowest BCUT2D eigenvalue weighted by molar-refractivity contribution is 0.465. The average molecular weight is 242 g/mol. The van der Waals surface area contributed by atoms with Gasteiger partial charge in [-0.2, -0.15) is 0 Å². The highest BCUT2D eigenvalue weighted by atomic mass is 16.4. The monoisotopic (exact) mass is 242 g/mol. The van der Waals surface area contributed by atoms with Crippen molar-refractivity contribution in [2.45, 2.75) is 20.0 Å². The highest BCUT2D eigenvalue weighted by molar-refractivity contribution is 5.95. The van der Waals surface area contributed by atoms with Crippen LogP contribution in [-0.2, 0) is 13.1 Å². The predicted octanol–water partition coefficient (Wildman–Crippen LogP) is 2.05. The third-order valence-corrected chi connectivity index (χ3v) is 2.75. The van der Waals surface area contributed by atoms with Crippen LogP contribution >= 0.6 is 0 Å². The Morgan fingerprint density at radius 3 is 3.11 bits per heavy atom. The summed E-state index contributed by atoms with van der Waals surface area (Å²) in [6.07, 6.45) is 1.71. The molecule has 0 bridgehead atoms. The van der Waals surface area contributed by atoms with Gasteiger partial charge in [-0.15, -0.1) is 0 Å². The maximum atomic E-state index is 5.39. The van der Waals surface area contributed by atoms with Crippen LogP contribution < -0.4 is 10.6 Å². The maximum absolute atomic E-state index is 5.39. The molecular formula is C13H14N4O. The number of rotatable bonds is 2. The third-order valence-electron chi connectivity index (χ3n) is 2.75. The van der Waals surface area contributed by atoms with Gasteiger partial charge in [0.15, 0.2) is 5.96 Å². The summed E-state index contributed by atoms with van der Waals surface area (Å²) in [5.41, 5.74) is 2.30. The first kappa shape index (κ1) is 10.8. The summed E-state index contributed by atoms with van der Waals surface area (Å²) < 4.78 is 5.39. The molecule has 2 N–H and O–H groups in total. The molecule has 5 heteroatoms. The predicted molar refractivity (Wildman–Crippen MR) is 69.3 cm³/mol. The largest absolute Gasteiger partial charge is 0.444 e. The van der Waals surface area contributed by atoms with Crippen molar-refractivity contribution in [2.24, 2.45) is 4.99 Å². The second-order valence-electron chi connectivity index (χ2n) is 4.17. The van der Waals surface area contributed by atoms with E-state index < -0.39 is 0 Å². The molecule has 0 saturated carbocycles. The average Bonchev–Trinajstić information content (AvgIpc) is 2.82. The van der Waals surface area contributed by atoms with Crippen LogP contribution in [0.4, 0.5) is 5.69 Å². The lowest BCUT2D eigenvalue weighted by Crippen LogP contribution is -2.32. The van der Waals surface area contributed by atoms with E-state index in [0.29, 0.717) is 19.0 Å². The van der Waals surface area contributed by atoms with Crippen molar-refractivity contribution in [3.8, 4) is 0 Å². The van der Waals surface area contributed by atoms with Crippen LogP contribution in [0.25, 0.3) is 0 Å². The van der Waals surface area contributed by atoms with Crippen molar-refractivity contribution >= 4 is 11.6 Å². The summed E-state index contributed by atoms with van der Waals surface area (Å²) in [7, 11) is 0. The molecule has 3 rings (SSSR count). The molecule has 0 aliphatic carbocycles. The van der Waals surface area contributed by atoms with Gasteiger partial charge in [0.2, 0.25) is 5.89 Å². The Morgan fingerprint density at radius 2 is 2.28 bits per heavy atom. The molecule has 0 atom stereocenters. The van der Waals surface area contributed by atoms with Gasteiger partial charge in [-0.3, -0.25) is 0 Å². The van der Waals surface area contributed by atoms with E-state index in [1.165, 1.54) is 5.56 Å². The van der Waals surface area contributed by atoms with Gasteiger partial charge in [-0.25, -0.2) is 9.98 Å². The summed E-state index contributed by atoms with van der Waals surface area (Å²) in [6, 6.07) is 8.14. The fourth-order valence-electron chi connectivity index (χ4n) is 1.85. The first-order chi connectivity index (χ1) is 8.81. The van der Waals surface area contributed by atoms with Gasteiger partial charge in [0.25, 0.3) is 0 Å². The number of aromatic nitrogens is 1. The molecule has 2 heterocycles. The topological polar surface area (TPSA) is 62.5 Å². The molecule has 5 nitrogen and oxygen atoms in total. The highest BCUT2D eigenvalue weighted by Crippen LogP contribution is 2.19. The molecule has 0 unspecified atom stereocenters. The van der Waals surface area contributed by atoms with Crippen molar-refractivity contribution in [1.29, 1.82) is 0 Å². The number of oxazole rings is 1. The normalized spacial score (nSPS) is 13.5. The Kier molecular flexibility index (Phi) is 2.72. The minimum absolute atomic E-state index is 0.530. The number of hydrogen-bond acceptors (Lipinski definition) is 5. The van der Waals surface area contributed by atoms with E-state index in [4.69, 9.17) is 4.42 Å². The van der Waals surface area contributed by atoms with Gasteiger partial charge in [0.05, 0.1) is 19.3 Å². The van der Waals surface area contributed by atoms with E-state index in [9.17, 15) is 0 Å². The third kappa shape index (κ3) is 2.20. The molecule has 0 saturated heterocycles. The van der Waals surface area contributed by atoms with Crippen LogP contribution in [0.5, 0.6) is 0 Å². The number of hydrogen-bond donors (Lipinski definition) is 2. The molecular weight excluding hydrogens is 228 g/mol. The van der Waals surface area contributed by atoms with Gasteiger partial charge >= 0.3 is 0 Å². The van der Waals surface area contributed by atoms with Crippen molar-refractivity contribution in [3.63, 3.8) is 0 Å². The van der Waals surface area contributed by atoms with E-state index in [1.807, 2.05) is 25.1 Å². The Balaban J connectivity index is 1.64. The van der Waals surface area contributed by atoms with Crippen LogP contribution in [0.3, 0.4) is 0 Å². The molecule has 0 spiro atoms. The van der Waals surface area contributed by atoms with Crippen molar-refractivity contribution in [2.75, 3.05) is 5.32 Å². The lowest BCUT2D eigenvalue weighted by Gasteiger charge is -2.18. The van der Waals surface area contributed by atoms with Crippen LogP contribution in [0, 0.1) is 6.92 Å². The number of fused-ring (bicyclic) bond motifs is 1. The first-order valence-corrected chi connectivity index (χ1v) is 5.86. The smallest absolute Gasteiger partial charge is 0.213 e. The molecule has 1 aliphatic heterocycles. The van der Waals surface area contributed by atoms with Crippen LogP contribution in [-0.4, -0.2) is 10.9 Å². The second kappa shape index (κ2) is 4.52. The Hall–Kier alpha value is -2.30. The molecule has 18 heavy (non-hydrogen) atoms. The van der Waals surface area contributed by atoms with Crippen LogP contribution in [0.2, 0.25) is 0 Å². The quantitative estimate of drug-likeness (QED) is 0.846. The summed E-state index contributed by atoms with van der Waals surface area (Å²) in [4.78, 5) is 8.55. The fraction of sp³-hybridized carbons (Fsp3) is 0.231.